The standard InChI is InChI=1S/C34H48N2O6/c1-8-10-11-12-19-41-32(40)27-26-30(38)36(25(21-37)20-22(3)4)29(34(26)17-16-33(27,7)42-34)31(39)35(18-9-2)28-23(5)14-13-15-24(28)6/h8-9,13-15,22,25-27,29,37H,1-2,10-12,16-21H2,3-7H3/t25-,26+,27-,29?,33+,34?/m1/s1. The number of aliphatic hydroxyl groups excluding tert-OH is 1. The Morgan fingerprint density at radius 1 is 1.19 bits per heavy atom. The number of rotatable bonds is 14. The Kier molecular flexibility index (Phi) is 9.68. The zero-order valence-electron chi connectivity index (χ0n) is 25.9. The molecule has 0 aromatic heterocycles. The van der Waals surface area contributed by atoms with Crippen LogP contribution in [-0.4, -0.2) is 70.8 Å². The Labute approximate surface area is 250 Å². The van der Waals surface area contributed by atoms with E-state index in [0.29, 0.717) is 25.7 Å². The SMILES string of the molecule is C=CCCCCOC(=O)[C@H]1[C@H]2C(=O)N([C@@H](CO)CC(C)C)C(C(=O)N(CC=C)c3c(C)cccc3C)C23CC[C@]1(C)O3. The molecule has 1 aromatic rings. The number of hydrogen-bond acceptors (Lipinski definition) is 6. The van der Waals surface area contributed by atoms with Gasteiger partial charge in [-0.2, -0.15) is 0 Å². The number of hydrogen-bond donors (Lipinski definition) is 1. The fraction of sp³-hybridized carbons (Fsp3) is 0.618. The first kappa shape index (κ1) is 32.0. The molecule has 1 aromatic carbocycles. The quantitative estimate of drug-likeness (QED) is 0.191. The maximum absolute atomic E-state index is 14.9. The summed E-state index contributed by atoms with van der Waals surface area (Å²) in [5.41, 5.74) is 0.511. The van der Waals surface area contributed by atoms with Crippen LogP contribution in [0.4, 0.5) is 5.69 Å². The third kappa shape index (κ3) is 5.44. The number of aliphatic hydroxyl groups is 1. The highest BCUT2D eigenvalue weighted by Gasteiger charge is 2.79. The van der Waals surface area contributed by atoms with E-state index in [1.54, 1.807) is 15.9 Å². The van der Waals surface area contributed by atoms with Crippen molar-refractivity contribution in [2.24, 2.45) is 17.8 Å². The molecular formula is C34H48N2O6. The Morgan fingerprint density at radius 3 is 2.48 bits per heavy atom. The third-order valence-electron chi connectivity index (χ3n) is 9.38. The van der Waals surface area contributed by atoms with Crippen LogP contribution in [0.25, 0.3) is 0 Å². The summed E-state index contributed by atoms with van der Waals surface area (Å²) < 4.78 is 12.5. The molecule has 42 heavy (non-hydrogen) atoms. The number of ether oxygens (including phenoxy) is 2. The van der Waals surface area contributed by atoms with Crippen LogP contribution in [0, 0.1) is 31.6 Å². The second kappa shape index (κ2) is 12.7. The van der Waals surface area contributed by atoms with Crippen LogP contribution in [0.2, 0.25) is 0 Å². The van der Waals surface area contributed by atoms with E-state index in [1.807, 2.05) is 58.9 Å². The molecule has 3 heterocycles. The number of benzene rings is 1. The molecule has 8 heteroatoms. The number of unbranched alkanes of at least 4 members (excludes halogenated alkanes) is 2. The summed E-state index contributed by atoms with van der Waals surface area (Å²) in [4.78, 5) is 46.3. The Balaban J connectivity index is 1.79. The fourth-order valence-corrected chi connectivity index (χ4v) is 7.67. The maximum Gasteiger partial charge on any atom is 0.312 e. The highest BCUT2D eigenvalue weighted by molar-refractivity contribution is 6.05. The number of carbonyl (C=O) groups is 3. The number of allylic oxidation sites excluding steroid dienone is 1. The highest BCUT2D eigenvalue weighted by atomic mass is 16.6. The lowest BCUT2D eigenvalue weighted by molar-refractivity contribution is -0.160. The summed E-state index contributed by atoms with van der Waals surface area (Å²) in [5.74, 6) is -2.58. The zero-order valence-corrected chi connectivity index (χ0v) is 25.9. The van der Waals surface area contributed by atoms with Crippen LogP contribution in [0.15, 0.2) is 43.5 Å². The van der Waals surface area contributed by atoms with Gasteiger partial charge in [-0.1, -0.05) is 44.2 Å². The molecule has 1 spiro atoms. The summed E-state index contributed by atoms with van der Waals surface area (Å²) in [5, 5.41) is 10.6. The average molecular weight is 581 g/mol. The van der Waals surface area contributed by atoms with E-state index in [1.165, 1.54) is 0 Å². The van der Waals surface area contributed by atoms with Crippen LogP contribution < -0.4 is 4.90 Å². The van der Waals surface area contributed by atoms with Gasteiger partial charge in [0.15, 0.2) is 0 Å². The summed E-state index contributed by atoms with van der Waals surface area (Å²) in [6.07, 6.45) is 7.41. The second-order valence-electron chi connectivity index (χ2n) is 12.9. The minimum absolute atomic E-state index is 0.164. The van der Waals surface area contributed by atoms with Crippen molar-refractivity contribution in [1.82, 2.24) is 4.90 Å². The van der Waals surface area contributed by atoms with Gasteiger partial charge >= 0.3 is 5.97 Å². The minimum Gasteiger partial charge on any atom is -0.465 e. The molecule has 3 fully saturated rings. The van der Waals surface area contributed by atoms with Crippen LogP contribution in [0.5, 0.6) is 0 Å². The summed E-state index contributed by atoms with van der Waals surface area (Å²) in [7, 11) is 0. The Bertz CT molecular complexity index is 1190. The highest BCUT2D eigenvalue weighted by Crippen LogP contribution is 2.64. The van der Waals surface area contributed by atoms with Crippen LogP contribution in [0.1, 0.15) is 70.4 Å². The molecule has 0 aliphatic carbocycles. The van der Waals surface area contributed by atoms with Gasteiger partial charge < -0.3 is 24.4 Å². The van der Waals surface area contributed by atoms with E-state index in [0.717, 1.165) is 29.7 Å². The number of aryl methyl sites for hydroxylation is 2. The Morgan fingerprint density at radius 2 is 1.88 bits per heavy atom. The third-order valence-corrected chi connectivity index (χ3v) is 9.38. The first-order chi connectivity index (χ1) is 20.0. The monoisotopic (exact) mass is 580 g/mol. The lowest BCUT2D eigenvalue weighted by Gasteiger charge is -2.40. The van der Waals surface area contributed by atoms with Gasteiger partial charge in [-0.15, -0.1) is 13.2 Å². The molecule has 2 bridgehead atoms. The molecule has 3 aliphatic rings. The smallest absolute Gasteiger partial charge is 0.312 e. The number of carbonyl (C=O) groups excluding carboxylic acids is 3. The molecule has 2 amide bonds. The molecule has 3 aliphatic heterocycles. The zero-order chi connectivity index (χ0) is 30.8. The second-order valence-corrected chi connectivity index (χ2v) is 12.9. The number of likely N-dealkylation sites (tertiary alicyclic amines) is 1. The number of amides is 2. The topological polar surface area (TPSA) is 96.4 Å². The molecule has 3 saturated heterocycles. The molecule has 4 rings (SSSR count). The molecule has 1 N–H and O–H groups in total. The van der Waals surface area contributed by atoms with Crippen molar-refractivity contribution < 1.29 is 29.0 Å². The van der Waals surface area contributed by atoms with Crippen molar-refractivity contribution >= 4 is 23.5 Å². The first-order valence-electron chi connectivity index (χ1n) is 15.4. The predicted molar refractivity (Wildman–Crippen MR) is 163 cm³/mol. The van der Waals surface area contributed by atoms with Crippen molar-refractivity contribution in [3.8, 4) is 0 Å². The van der Waals surface area contributed by atoms with Gasteiger partial charge in [0.2, 0.25) is 5.91 Å². The lowest BCUT2D eigenvalue weighted by Crippen LogP contribution is -2.59. The van der Waals surface area contributed by atoms with Crippen LogP contribution in [-0.2, 0) is 23.9 Å². The largest absolute Gasteiger partial charge is 0.465 e. The van der Waals surface area contributed by atoms with Crippen molar-refractivity contribution in [2.75, 3.05) is 24.7 Å². The Hall–Kier alpha value is -2.97. The maximum atomic E-state index is 14.9. The van der Waals surface area contributed by atoms with Crippen molar-refractivity contribution in [2.45, 2.75) is 96.4 Å². The van der Waals surface area contributed by atoms with Gasteiger partial charge in [0.1, 0.15) is 17.6 Å². The summed E-state index contributed by atoms with van der Waals surface area (Å²) >= 11 is 0. The van der Waals surface area contributed by atoms with E-state index in [-0.39, 0.29) is 37.5 Å². The molecule has 0 radical (unpaired) electrons. The van der Waals surface area contributed by atoms with Gasteiger partial charge in [-0.05, 0) is 76.3 Å². The molecule has 230 valence electrons. The molecule has 6 atom stereocenters. The predicted octanol–water partition coefficient (Wildman–Crippen LogP) is 4.89. The van der Waals surface area contributed by atoms with Gasteiger partial charge in [-0.3, -0.25) is 14.4 Å². The first-order valence-corrected chi connectivity index (χ1v) is 15.4. The van der Waals surface area contributed by atoms with Gasteiger partial charge in [0.25, 0.3) is 5.91 Å². The number of nitrogens with zero attached hydrogens (tertiary/aromatic N) is 2. The normalized spacial score (nSPS) is 28.6. The van der Waals surface area contributed by atoms with Gasteiger partial charge in [0.05, 0.1) is 30.8 Å². The van der Waals surface area contributed by atoms with E-state index >= 15 is 0 Å². The molecule has 2 unspecified atom stereocenters. The van der Waals surface area contributed by atoms with Crippen molar-refractivity contribution in [3.63, 3.8) is 0 Å². The van der Waals surface area contributed by atoms with Gasteiger partial charge in [0, 0.05) is 12.2 Å². The van der Waals surface area contributed by atoms with E-state index < -0.39 is 41.1 Å². The van der Waals surface area contributed by atoms with E-state index in [2.05, 4.69) is 13.2 Å². The number of anilines is 1. The fourth-order valence-electron chi connectivity index (χ4n) is 7.67. The van der Waals surface area contributed by atoms with Crippen molar-refractivity contribution in [1.29, 1.82) is 0 Å². The van der Waals surface area contributed by atoms with Gasteiger partial charge in [-0.25, -0.2) is 0 Å². The number of esters is 1. The van der Waals surface area contributed by atoms with Crippen LogP contribution in [0.3, 0.4) is 0 Å². The molecular weight excluding hydrogens is 532 g/mol. The van der Waals surface area contributed by atoms with E-state index in [4.69, 9.17) is 9.47 Å². The van der Waals surface area contributed by atoms with E-state index in [9.17, 15) is 19.5 Å². The molecule has 8 nitrogen and oxygen atoms in total. The summed E-state index contributed by atoms with van der Waals surface area (Å²) in [6, 6.07) is 4.27. The minimum atomic E-state index is -1.20. The lowest BCUT2D eigenvalue weighted by atomic mass is 9.66. The van der Waals surface area contributed by atoms with Crippen LogP contribution >= 0.6 is 0 Å². The molecule has 0 saturated carbocycles. The van der Waals surface area contributed by atoms with Crippen molar-refractivity contribution in [3.05, 3.63) is 54.6 Å². The average Bonchev–Trinajstić information content (AvgIpc) is 3.51. The number of fused-ring (bicyclic) bond motifs is 1. The number of para-hydroxylation sites is 1. The summed E-state index contributed by atoms with van der Waals surface area (Å²) in [6.45, 7) is 17.7.